The van der Waals surface area contributed by atoms with Crippen molar-refractivity contribution in [1.29, 1.82) is 5.26 Å². The average Bonchev–Trinajstić information content (AvgIpc) is 2.49. The summed E-state index contributed by atoms with van der Waals surface area (Å²) in [5.74, 6) is 0.460. The van der Waals surface area contributed by atoms with E-state index in [2.05, 4.69) is 11.4 Å². The molecule has 0 unspecified atom stereocenters. The lowest BCUT2D eigenvalue weighted by Gasteiger charge is -2.15. The number of nitrogens with zero attached hydrogens (tertiary/aromatic N) is 1. The van der Waals surface area contributed by atoms with Gasteiger partial charge in [-0.3, -0.25) is 4.79 Å². The number of carbonyl (C=O) groups excluding carboxylic acids is 1. The van der Waals surface area contributed by atoms with Crippen molar-refractivity contribution in [3.05, 3.63) is 59.7 Å². The predicted molar refractivity (Wildman–Crippen MR) is 85.7 cm³/mol. The molecule has 2 aromatic carbocycles. The van der Waals surface area contributed by atoms with Gasteiger partial charge in [-0.15, -0.1) is 0 Å². The second kappa shape index (κ2) is 7.28. The number of hydrogen-bond donors (Lipinski definition) is 1. The molecule has 0 aromatic heterocycles. The number of benzene rings is 2. The maximum Gasteiger partial charge on any atom is 0.265 e. The lowest BCUT2D eigenvalue weighted by atomic mass is 10.1. The molecule has 112 valence electrons. The van der Waals surface area contributed by atoms with E-state index in [0.29, 0.717) is 17.9 Å². The third-order valence-electron chi connectivity index (χ3n) is 3.18. The van der Waals surface area contributed by atoms with E-state index in [1.807, 2.05) is 43.3 Å². The van der Waals surface area contributed by atoms with Gasteiger partial charge >= 0.3 is 0 Å². The minimum absolute atomic E-state index is 0.213. The van der Waals surface area contributed by atoms with Crippen molar-refractivity contribution in [2.24, 2.45) is 0 Å². The first kappa shape index (κ1) is 15.6. The van der Waals surface area contributed by atoms with Crippen LogP contribution in [0.25, 0.3) is 0 Å². The second-order valence-electron chi connectivity index (χ2n) is 5.10. The molecule has 1 N–H and O–H groups in total. The van der Waals surface area contributed by atoms with Crippen molar-refractivity contribution in [3.63, 3.8) is 0 Å². The van der Waals surface area contributed by atoms with Crippen LogP contribution in [0.2, 0.25) is 0 Å². The molecule has 22 heavy (non-hydrogen) atoms. The van der Waals surface area contributed by atoms with Gasteiger partial charge in [0.15, 0.2) is 6.10 Å². The van der Waals surface area contributed by atoms with Crippen LogP contribution in [0.5, 0.6) is 5.75 Å². The van der Waals surface area contributed by atoms with E-state index in [1.54, 1.807) is 19.1 Å². The zero-order valence-electron chi connectivity index (χ0n) is 12.7. The zero-order valence-corrected chi connectivity index (χ0v) is 12.7. The third kappa shape index (κ3) is 4.35. The highest BCUT2D eigenvalue weighted by atomic mass is 16.5. The zero-order chi connectivity index (χ0) is 15.9. The summed E-state index contributed by atoms with van der Waals surface area (Å²) in [6.45, 7) is 3.68. The maximum absolute atomic E-state index is 12.1. The van der Waals surface area contributed by atoms with Crippen LogP contribution in [-0.4, -0.2) is 12.0 Å². The Hall–Kier alpha value is -2.80. The molecule has 0 spiro atoms. The van der Waals surface area contributed by atoms with Crippen LogP contribution in [0.15, 0.2) is 48.5 Å². The molecule has 0 aliphatic carbocycles. The lowest BCUT2D eigenvalue weighted by molar-refractivity contribution is -0.122. The molecular weight excluding hydrogens is 276 g/mol. The number of anilines is 1. The molecule has 1 atom stereocenters. The number of rotatable bonds is 5. The fraction of sp³-hybridized carbons (Fsp3) is 0.222. The summed E-state index contributed by atoms with van der Waals surface area (Å²) < 4.78 is 5.64. The summed E-state index contributed by atoms with van der Waals surface area (Å²) in [4.78, 5) is 12.1. The number of ether oxygens (including phenoxy) is 1. The Bertz CT molecular complexity index is 687. The Morgan fingerprint density at radius 2 is 2.00 bits per heavy atom. The van der Waals surface area contributed by atoms with Crippen LogP contribution in [0, 0.1) is 18.3 Å². The first-order valence-electron chi connectivity index (χ1n) is 7.08. The summed E-state index contributed by atoms with van der Waals surface area (Å²) in [5, 5.41) is 11.4. The van der Waals surface area contributed by atoms with Crippen molar-refractivity contribution in [3.8, 4) is 11.8 Å². The van der Waals surface area contributed by atoms with Crippen LogP contribution >= 0.6 is 0 Å². The van der Waals surface area contributed by atoms with Gasteiger partial charge in [0.25, 0.3) is 5.91 Å². The maximum atomic E-state index is 12.1. The molecule has 2 aromatic rings. The smallest absolute Gasteiger partial charge is 0.265 e. The van der Waals surface area contributed by atoms with Gasteiger partial charge < -0.3 is 10.1 Å². The first-order chi connectivity index (χ1) is 10.6. The molecule has 1 amide bonds. The molecule has 0 aliphatic rings. The van der Waals surface area contributed by atoms with E-state index in [0.717, 1.165) is 11.1 Å². The number of aryl methyl sites for hydroxylation is 1. The Balaban J connectivity index is 1.95. The van der Waals surface area contributed by atoms with E-state index < -0.39 is 6.10 Å². The molecule has 0 heterocycles. The van der Waals surface area contributed by atoms with Crippen LogP contribution in [0.1, 0.15) is 18.1 Å². The molecule has 4 nitrogen and oxygen atoms in total. The van der Waals surface area contributed by atoms with Gasteiger partial charge in [-0.05, 0) is 49.2 Å². The van der Waals surface area contributed by atoms with Crippen LogP contribution < -0.4 is 10.1 Å². The SMILES string of the molecule is Cc1cccc(O[C@H](C)C(=O)Nc2ccc(CC#N)cc2)c1. The molecule has 0 saturated carbocycles. The van der Waals surface area contributed by atoms with Crippen molar-refractivity contribution in [2.45, 2.75) is 26.4 Å². The van der Waals surface area contributed by atoms with Crippen LogP contribution in [0.3, 0.4) is 0 Å². The largest absolute Gasteiger partial charge is 0.481 e. The van der Waals surface area contributed by atoms with Crippen molar-refractivity contribution in [1.82, 2.24) is 0 Å². The Morgan fingerprint density at radius 3 is 2.64 bits per heavy atom. The summed E-state index contributed by atoms with van der Waals surface area (Å²) in [5.41, 5.74) is 2.69. The summed E-state index contributed by atoms with van der Waals surface area (Å²) in [6.07, 6.45) is -0.234. The van der Waals surface area contributed by atoms with E-state index in [1.165, 1.54) is 0 Å². The quantitative estimate of drug-likeness (QED) is 0.918. The van der Waals surface area contributed by atoms with Gasteiger partial charge in [0, 0.05) is 5.69 Å². The number of hydrogen-bond acceptors (Lipinski definition) is 3. The normalized spacial score (nSPS) is 11.3. The average molecular weight is 294 g/mol. The van der Waals surface area contributed by atoms with Gasteiger partial charge in [-0.25, -0.2) is 0 Å². The molecule has 0 fully saturated rings. The van der Waals surface area contributed by atoms with Gasteiger partial charge in [0.1, 0.15) is 5.75 Å². The van der Waals surface area contributed by atoms with Crippen molar-refractivity contribution in [2.75, 3.05) is 5.32 Å². The predicted octanol–water partition coefficient (Wildman–Crippen LogP) is 3.47. The van der Waals surface area contributed by atoms with Crippen molar-refractivity contribution >= 4 is 11.6 Å². The van der Waals surface area contributed by atoms with Crippen LogP contribution in [0.4, 0.5) is 5.69 Å². The van der Waals surface area contributed by atoms with Gasteiger partial charge in [-0.2, -0.15) is 5.26 Å². The number of amides is 1. The molecule has 0 aliphatic heterocycles. The molecule has 4 heteroatoms. The van der Waals surface area contributed by atoms with Gasteiger partial charge in [0.05, 0.1) is 12.5 Å². The van der Waals surface area contributed by atoms with Crippen molar-refractivity contribution < 1.29 is 9.53 Å². The molecule has 0 radical (unpaired) electrons. The summed E-state index contributed by atoms with van der Waals surface area (Å²) in [6, 6.07) is 16.9. The molecular formula is C18H18N2O2. The topological polar surface area (TPSA) is 62.1 Å². The minimum atomic E-state index is -0.597. The molecule has 0 saturated heterocycles. The molecule has 2 rings (SSSR count). The first-order valence-corrected chi connectivity index (χ1v) is 7.08. The van der Waals surface area contributed by atoms with Gasteiger partial charge in [0.2, 0.25) is 0 Å². The van der Waals surface area contributed by atoms with Gasteiger partial charge in [-0.1, -0.05) is 24.3 Å². The monoisotopic (exact) mass is 294 g/mol. The number of nitrogens with one attached hydrogen (secondary N) is 1. The van der Waals surface area contributed by atoms with E-state index in [4.69, 9.17) is 10.00 Å². The summed E-state index contributed by atoms with van der Waals surface area (Å²) in [7, 11) is 0. The number of carbonyl (C=O) groups is 1. The molecule has 0 bridgehead atoms. The Morgan fingerprint density at radius 1 is 1.27 bits per heavy atom. The van der Waals surface area contributed by atoms with Crippen LogP contribution in [-0.2, 0) is 11.2 Å². The van der Waals surface area contributed by atoms with E-state index in [9.17, 15) is 4.79 Å². The second-order valence-corrected chi connectivity index (χ2v) is 5.10. The highest BCUT2D eigenvalue weighted by molar-refractivity contribution is 5.94. The number of nitriles is 1. The lowest BCUT2D eigenvalue weighted by Crippen LogP contribution is -2.30. The minimum Gasteiger partial charge on any atom is -0.481 e. The standard InChI is InChI=1S/C18H18N2O2/c1-13-4-3-5-17(12-13)22-14(2)18(21)20-16-8-6-15(7-9-16)10-11-19/h3-9,12,14H,10H2,1-2H3,(H,20,21)/t14-/m1/s1. The Labute approximate surface area is 130 Å². The fourth-order valence-electron chi connectivity index (χ4n) is 1.99. The van der Waals surface area contributed by atoms with E-state index in [-0.39, 0.29) is 5.91 Å². The highest BCUT2D eigenvalue weighted by Crippen LogP contribution is 2.15. The summed E-state index contributed by atoms with van der Waals surface area (Å²) >= 11 is 0. The highest BCUT2D eigenvalue weighted by Gasteiger charge is 2.14. The third-order valence-corrected chi connectivity index (χ3v) is 3.18. The fourth-order valence-corrected chi connectivity index (χ4v) is 1.99. The van der Waals surface area contributed by atoms with E-state index >= 15 is 0 Å². The Kier molecular flexibility index (Phi) is 5.16.